The van der Waals surface area contributed by atoms with Gasteiger partial charge in [-0.3, -0.25) is 0 Å². The Hall–Kier alpha value is 0.133. The van der Waals surface area contributed by atoms with Crippen LogP contribution in [0.3, 0.4) is 0 Å². The van der Waals surface area contributed by atoms with E-state index in [0.29, 0.717) is 0 Å². The summed E-state index contributed by atoms with van der Waals surface area (Å²) < 4.78 is 0.784. The Morgan fingerprint density at radius 2 is 1.70 bits per heavy atom. The zero-order chi connectivity index (χ0) is 6.69. The van der Waals surface area contributed by atoms with Crippen LogP contribution in [0.1, 0.15) is 17.0 Å². The second-order valence-electron chi connectivity index (χ2n) is 2.31. The monoisotopic (exact) mass is 204 g/mol. The van der Waals surface area contributed by atoms with E-state index in [4.69, 9.17) is 0 Å². The van der Waals surface area contributed by atoms with Crippen LogP contribution >= 0.6 is 0 Å². The predicted octanol–water partition coefficient (Wildman–Crippen LogP) is -0.702. The van der Waals surface area contributed by atoms with E-state index in [1.165, 1.54) is 23.9 Å². The minimum absolute atomic E-state index is 0. The van der Waals surface area contributed by atoms with Gasteiger partial charge in [0.25, 0.3) is 0 Å². The molecule has 0 bridgehead atoms. The number of hydrogen-bond acceptors (Lipinski definition) is 0. The summed E-state index contributed by atoms with van der Waals surface area (Å²) in [5, 5.41) is 0. The van der Waals surface area contributed by atoms with Gasteiger partial charge < -0.3 is 12.4 Å². The first-order chi connectivity index (χ1) is 4.30. The molecular formula is C8H9ClZn. The third kappa shape index (κ3) is 2.81. The Morgan fingerprint density at radius 1 is 1.20 bits per heavy atom. The molecule has 1 unspecified atom stereocenters. The summed E-state index contributed by atoms with van der Waals surface area (Å²) in [6.07, 6.45) is 0. The van der Waals surface area contributed by atoms with Crippen LogP contribution in [0.15, 0.2) is 30.3 Å². The van der Waals surface area contributed by atoms with Crippen molar-refractivity contribution < 1.29 is 30.7 Å². The fourth-order valence-corrected chi connectivity index (χ4v) is 1.35. The quantitative estimate of drug-likeness (QED) is 0.533. The summed E-state index contributed by atoms with van der Waals surface area (Å²) in [4.78, 5) is 0. The van der Waals surface area contributed by atoms with Gasteiger partial charge in [-0.05, 0) is 0 Å². The standard InChI is InChI=1S/C8H9.ClH.Zn/c1-2-8-6-4-3-5-7-8;;/h2-7H,1H3;1H;/q;;+1/p-1. The van der Waals surface area contributed by atoms with Crippen LogP contribution in [0.4, 0.5) is 0 Å². The molecule has 0 aliphatic rings. The van der Waals surface area contributed by atoms with Crippen molar-refractivity contribution in [1.82, 2.24) is 0 Å². The van der Waals surface area contributed by atoms with Crippen molar-refractivity contribution in [3.8, 4) is 0 Å². The van der Waals surface area contributed by atoms with E-state index >= 15 is 0 Å². The van der Waals surface area contributed by atoms with Gasteiger partial charge in [-0.15, -0.1) is 0 Å². The number of hydrogen-bond donors (Lipinski definition) is 0. The van der Waals surface area contributed by atoms with E-state index in [-0.39, 0.29) is 12.4 Å². The maximum Gasteiger partial charge on any atom is -1.00 e. The van der Waals surface area contributed by atoms with E-state index in [0.717, 1.165) is 4.51 Å². The van der Waals surface area contributed by atoms with Crippen molar-refractivity contribution >= 4 is 0 Å². The third-order valence-electron chi connectivity index (χ3n) is 1.37. The Kier molecular flexibility index (Phi) is 4.94. The van der Waals surface area contributed by atoms with Crippen LogP contribution in [-0.4, -0.2) is 0 Å². The Bertz CT molecular complexity index is 172. The van der Waals surface area contributed by atoms with Crippen molar-refractivity contribution in [3.63, 3.8) is 0 Å². The van der Waals surface area contributed by atoms with E-state index in [1.54, 1.807) is 0 Å². The summed E-state index contributed by atoms with van der Waals surface area (Å²) in [5.74, 6) is 0. The van der Waals surface area contributed by atoms with E-state index in [1.807, 2.05) is 0 Å². The molecule has 1 rings (SSSR count). The fourth-order valence-electron chi connectivity index (χ4n) is 0.782. The molecule has 2 heteroatoms. The van der Waals surface area contributed by atoms with Gasteiger partial charge in [-0.25, -0.2) is 0 Å². The smallest absolute Gasteiger partial charge is 1.00 e. The van der Waals surface area contributed by atoms with Gasteiger partial charge >= 0.3 is 65.6 Å². The molecule has 0 aliphatic heterocycles. The maximum absolute atomic E-state index is 2.26. The van der Waals surface area contributed by atoms with Crippen LogP contribution in [0.25, 0.3) is 0 Å². The van der Waals surface area contributed by atoms with Gasteiger partial charge in [0.05, 0.1) is 0 Å². The number of halogens is 1. The summed E-state index contributed by atoms with van der Waals surface area (Å²) in [6, 6.07) is 10.6. The summed E-state index contributed by atoms with van der Waals surface area (Å²) in [6.45, 7) is 2.26. The first-order valence-electron chi connectivity index (χ1n) is 3.18. The molecule has 0 fully saturated rings. The van der Waals surface area contributed by atoms with Gasteiger partial charge in [0.2, 0.25) is 0 Å². The molecule has 0 nitrogen and oxygen atoms in total. The average Bonchev–Trinajstić information content (AvgIpc) is 1.90. The van der Waals surface area contributed by atoms with Crippen LogP contribution in [0.5, 0.6) is 0 Å². The summed E-state index contributed by atoms with van der Waals surface area (Å²) in [7, 11) is 0. The molecule has 0 radical (unpaired) electrons. The molecule has 0 saturated carbocycles. The second kappa shape index (κ2) is 4.87. The Balaban J connectivity index is 0.000000810. The van der Waals surface area contributed by atoms with Crippen LogP contribution in [-0.2, 0) is 18.3 Å². The zero-order valence-corrected chi connectivity index (χ0v) is 9.77. The first-order valence-corrected chi connectivity index (χ1v) is 4.90. The van der Waals surface area contributed by atoms with Crippen LogP contribution in [0.2, 0.25) is 0 Å². The minimum Gasteiger partial charge on any atom is -1.00 e. The van der Waals surface area contributed by atoms with Gasteiger partial charge in [0.15, 0.2) is 0 Å². The van der Waals surface area contributed by atoms with E-state index in [2.05, 4.69) is 37.3 Å². The molecule has 0 N–H and O–H groups in total. The maximum atomic E-state index is 2.26. The minimum atomic E-state index is 0. The van der Waals surface area contributed by atoms with Crippen molar-refractivity contribution in [2.24, 2.45) is 0 Å². The first kappa shape index (κ1) is 10.1. The Morgan fingerprint density at radius 3 is 2.00 bits per heavy atom. The normalized spacial score (nSPS) is 11.9. The molecule has 1 atom stereocenters. The molecule has 0 heterocycles. The molecule has 50 valence electrons. The van der Waals surface area contributed by atoms with Crippen molar-refractivity contribution in [3.05, 3.63) is 35.9 Å². The number of rotatable bonds is 1. The van der Waals surface area contributed by atoms with Gasteiger partial charge in [-0.2, -0.15) is 0 Å². The van der Waals surface area contributed by atoms with Crippen molar-refractivity contribution in [2.75, 3.05) is 0 Å². The van der Waals surface area contributed by atoms with Gasteiger partial charge in [0.1, 0.15) is 0 Å². The van der Waals surface area contributed by atoms with Crippen LogP contribution < -0.4 is 12.4 Å². The molecule has 10 heavy (non-hydrogen) atoms. The fraction of sp³-hybridized carbons (Fsp3) is 0.250. The molecule has 0 aromatic heterocycles. The molecule has 0 amide bonds. The van der Waals surface area contributed by atoms with E-state index < -0.39 is 0 Å². The number of benzene rings is 1. The molecule has 1 aromatic rings. The molecule has 0 aliphatic carbocycles. The van der Waals surface area contributed by atoms with Gasteiger partial charge in [-0.1, -0.05) is 0 Å². The SMILES string of the molecule is C[CH]([Zn+])c1ccccc1.[Cl-]. The molecule has 0 saturated heterocycles. The summed E-state index contributed by atoms with van der Waals surface area (Å²) >= 11 is 1.35. The second-order valence-corrected chi connectivity index (χ2v) is 4.88. The zero-order valence-electron chi connectivity index (χ0n) is 6.05. The summed E-state index contributed by atoms with van der Waals surface area (Å²) in [5.41, 5.74) is 1.47. The van der Waals surface area contributed by atoms with E-state index in [9.17, 15) is 0 Å². The van der Waals surface area contributed by atoms with Crippen molar-refractivity contribution in [2.45, 2.75) is 11.4 Å². The topological polar surface area (TPSA) is 0 Å². The average molecular weight is 206 g/mol. The Labute approximate surface area is 78.1 Å². The van der Waals surface area contributed by atoms with Crippen molar-refractivity contribution in [1.29, 1.82) is 0 Å². The van der Waals surface area contributed by atoms with Gasteiger partial charge in [0, 0.05) is 0 Å². The molecule has 0 spiro atoms. The molecular weight excluding hydrogens is 197 g/mol. The largest absolute Gasteiger partial charge is 1.00 e. The predicted molar refractivity (Wildman–Crippen MR) is 34.9 cm³/mol. The third-order valence-corrected chi connectivity index (χ3v) is 2.36. The molecule has 1 aromatic carbocycles. The van der Waals surface area contributed by atoms with Crippen LogP contribution in [0, 0.1) is 0 Å².